The van der Waals surface area contributed by atoms with Gasteiger partial charge in [0.1, 0.15) is 11.5 Å². The number of anilines is 1. The van der Waals surface area contributed by atoms with Gasteiger partial charge in [0.15, 0.2) is 17.1 Å². The molecule has 1 N–H and O–H groups in total. The lowest BCUT2D eigenvalue weighted by atomic mass is 10.1. The molecule has 0 fully saturated rings. The zero-order valence-electron chi connectivity index (χ0n) is 20.2. The molecular weight excluding hydrogens is 460 g/mol. The van der Waals surface area contributed by atoms with Gasteiger partial charge in [-0.1, -0.05) is 54.2 Å². The van der Waals surface area contributed by atoms with Gasteiger partial charge in [0.25, 0.3) is 0 Å². The lowest BCUT2D eigenvalue weighted by Gasteiger charge is -2.17. The number of nitrogens with one attached hydrogen (secondary N) is 1. The molecule has 0 saturated heterocycles. The SMILES string of the molecule is COc1cccc(OC(C)c2nnc(SCC(=O)Nc3c(C)cccc3C)n2-c2ccccc2)c1. The molecule has 8 heteroatoms. The number of benzene rings is 3. The van der Waals surface area contributed by atoms with Gasteiger partial charge in [0, 0.05) is 17.4 Å². The minimum Gasteiger partial charge on any atom is -0.497 e. The van der Waals surface area contributed by atoms with Crippen LogP contribution in [0.5, 0.6) is 11.5 Å². The zero-order chi connectivity index (χ0) is 24.8. The maximum Gasteiger partial charge on any atom is 0.234 e. The Kier molecular flexibility index (Phi) is 7.72. The third kappa shape index (κ3) is 5.84. The number of nitrogens with zero attached hydrogens (tertiary/aromatic N) is 3. The van der Waals surface area contributed by atoms with E-state index in [2.05, 4.69) is 15.5 Å². The number of rotatable bonds is 9. The third-order valence-electron chi connectivity index (χ3n) is 5.47. The Bertz CT molecular complexity index is 1290. The van der Waals surface area contributed by atoms with Crippen LogP contribution in [0.25, 0.3) is 5.69 Å². The van der Waals surface area contributed by atoms with E-state index in [1.54, 1.807) is 7.11 Å². The van der Waals surface area contributed by atoms with E-state index in [9.17, 15) is 4.79 Å². The van der Waals surface area contributed by atoms with E-state index in [1.165, 1.54) is 11.8 Å². The molecule has 1 atom stereocenters. The number of aryl methyl sites for hydroxylation is 2. The highest BCUT2D eigenvalue weighted by Crippen LogP contribution is 2.29. The van der Waals surface area contributed by atoms with Gasteiger partial charge in [0.2, 0.25) is 5.91 Å². The lowest BCUT2D eigenvalue weighted by Crippen LogP contribution is -2.16. The molecule has 4 aromatic rings. The summed E-state index contributed by atoms with van der Waals surface area (Å²) in [4.78, 5) is 12.8. The number of hydrogen-bond donors (Lipinski definition) is 1. The molecule has 180 valence electrons. The second kappa shape index (κ2) is 11.1. The second-order valence-corrected chi connectivity index (χ2v) is 9.00. The number of amides is 1. The Morgan fingerprint density at radius 1 is 0.971 bits per heavy atom. The minimum atomic E-state index is -0.396. The molecule has 0 bridgehead atoms. The zero-order valence-corrected chi connectivity index (χ0v) is 21.0. The fourth-order valence-corrected chi connectivity index (χ4v) is 4.47. The monoisotopic (exact) mass is 488 g/mol. The molecule has 0 spiro atoms. The number of thioether (sulfide) groups is 1. The van der Waals surface area contributed by atoms with E-state index in [1.807, 2.05) is 98.1 Å². The molecule has 0 aliphatic heterocycles. The predicted molar refractivity (Wildman–Crippen MR) is 139 cm³/mol. The number of carbonyl (C=O) groups is 1. The maximum absolute atomic E-state index is 12.8. The second-order valence-electron chi connectivity index (χ2n) is 8.05. The molecule has 0 saturated carbocycles. The van der Waals surface area contributed by atoms with Crippen LogP contribution in [0, 0.1) is 13.8 Å². The van der Waals surface area contributed by atoms with Crippen molar-refractivity contribution in [1.29, 1.82) is 0 Å². The Labute approximate surface area is 209 Å². The van der Waals surface area contributed by atoms with Crippen LogP contribution >= 0.6 is 11.8 Å². The van der Waals surface area contributed by atoms with Gasteiger partial charge in [-0.05, 0) is 56.2 Å². The van der Waals surface area contributed by atoms with Crippen molar-refractivity contribution in [3.05, 3.63) is 89.7 Å². The lowest BCUT2D eigenvalue weighted by molar-refractivity contribution is -0.113. The van der Waals surface area contributed by atoms with Crippen molar-refractivity contribution in [3.8, 4) is 17.2 Å². The fourth-order valence-electron chi connectivity index (χ4n) is 3.71. The molecule has 1 amide bonds. The molecule has 1 unspecified atom stereocenters. The molecule has 1 aromatic heterocycles. The molecule has 0 aliphatic carbocycles. The Hall–Kier alpha value is -3.78. The van der Waals surface area contributed by atoms with E-state index < -0.39 is 6.10 Å². The first-order valence-corrected chi connectivity index (χ1v) is 12.2. The van der Waals surface area contributed by atoms with Crippen molar-refractivity contribution in [1.82, 2.24) is 14.8 Å². The van der Waals surface area contributed by atoms with Gasteiger partial charge >= 0.3 is 0 Å². The molecule has 4 rings (SSSR count). The number of carbonyl (C=O) groups excluding carboxylic acids is 1. The molecule has 3 aromatic carbocycles. The summed E-state index contributed by atoms with van der Waals surface area (Å²) in [5.41, 5.74) is 3.80. The van der Waals surface area contributed by atoms with Gasteiger partial charge in [-0.2, -0.15) is 0 Å². The van der Waals surface area contributed by atoms with E-state index in [0.29, 0.717) is 22.5 Å². The predicted octanol–water partition coefficient (Wildman–Crippen LogP) is 5.76. The topological polar surface area (TPSA) is 78.3 Å². The molecule has 0 aliphatic rings. The summed E-state index contributed by atoms with van der Waals surface area (Å²) in [6.45, 7) is 5.89. The number of aromatic nitrogens is 3. The average molecular weight is 489 g/mol. The van der Waals surface area contributed by atoms with Crippen molar-refractivity contribution in [3.63, 3.8) is 0 Å². The van der Waals surface area contributed by atoms with E-state index >= 15 is 0 Å². The van der Waals surface area contributed by atoms with Gasteiger partial charge in [-0.15, -0.1) is 10.2 Å². The van der Waals surface area contributed by atoms with Crippen LogP contribution in [0.15, 0.2) is 78.0 Å². The molecule has 35 heavy (non-hydrogen) atoms. The van der Waals surface area contributed by atoms with Crippen LogP contribution in [-0.4, -0.2) is 33.5 Å². The van der Waals surface area contributed by atoms with E-state index in [-0.39, 0.29) is 11.7 Å². The van der Waals surface area contributed by atoms with E-state index in [0.717, 1.165) is 22.5 Å². The first-order valence-electron chi connectivity index (χ1n) is 11.3. The summed E-state index contributed by atoms with van der Waals surface area (Å²) in [5.74, 6) is 2.12. The first-order chi connectivity index (χ1) is 17.0. The highest BCUT2D eigenvalue weighted by molar-refractivity contribution is 7.99. The van der Waals surface area contributed by atoms with Gasteiger partial charge < -0.3 is 14.8 Å². The summed E-state index contributed by atoms with van der Waals surface area (Å²) < 4.78 is 13.4. The maximum atomic E-state index is 12.8. The molecule has 0 radical (unpaired) electrons. The molecule has 7 nitrogen and oxygen atoms in total. The number of ether oxygens (including phenoxy) is 2. The van der Waals surface area contributed by atoms with Gasteiger partial charge in [-0.3, -0.25) is 9.36 Å². The normalized spacial score (nSPS) is 11.7. The Morgan fingerprint density at radius 2 is 1.66 bits per heavy atom. The van der Waals surface area contributed by atoms with E-state index in [4.69, 9.17) is 9.47 Å². The highest BCUT2D eigenvalue weighted by atomic mass is 32.2. The van der Waals surface area contributed by atoms with Crippen LogP contribution in [0.1, 0.15) is 30.0 Å². The smallest absolute Gasteiger partial charge is 0.234 e. The third-order valence-corrected chi connectivity index (χ3v) is 6.40. The van der Waals surface area contributed by atoms with Gasteiger partial charge in [-0.25, -0.2) is 0 Å². The Morgan fingerprint density at radius 3 is 2.37 bits per heavy atom. The van der Waals surface area contributed by atoms with Crippen LogP contribution < -0.4 is 14.8 Å². The summed E-state index contributed by atoms with van der Waals surface area (Å²) in [6, 6.07) is 23.2. The fraction of sp³-hybridized carbons (Fsp3) is 0.222. The van der Waals surface area contributed by atoms with Crippen LogP contribution in [-0.2, 0) is 4.79 Å². The van der Waals surface area contributed by atoms with Crippen molar-refractivity contribution >= 4 is 23.4 Å². The summed E-state index contributed by atoms with van der Waals surface area (Å²) >= 11 is 1.33. The van der Waals surface area contributed by atoms with Crippen LogP contribution in [0.4, 0.5) is 5.69 Å². The largest absolute Gasteiger partial charge is 0.497 e. The molecular formula is C27H28N4O3S. The highest BCUT2D eigenvalue weighted by Gasteiger charge is 2.22. The number of para-hydroxylation sites is 2. The summed E-state index contributed by atoms with van der Waals surface area (Å²) in [6.07, 6.45) is -0.396. The quantitative estimate of drug-likeness (QED) is 0.302. The van der Waals surface area contributed by atoms with Crippen molar-refractivity contribution in [2.75, 3.05) is 18.2 Å². The van der Waals surface area contributed by atoms with Crippen molar-refractivity contribution < 1.29 is 14.3 Å². The summed E-state index contributed by atoms with van der Waals surface area (Å²) in [5, 5.41) is 12.5. The Balaban J connectivity index is 1.55. The van der Waals surface area contributed by atoms with Crippen molar-refractivity contribution in [2.45, 2.75) is 32.0 Å². The van der Waals surface area contributed by atoms with Gasteiger partial charge in [0.05, 0.1) is 12.9 Å². The van der Waals surface area contributed by atoms with Crippen LogP contribution in [0.3, 0.4) is 0 Å². The van der Waals surface area contributed by atoms with Crippen LogP contribution in [0.2, 0.25) is 0 Å². The summed E-state index contributed by atoms with van der Waals surface area (Å²) in [7, 11) is 1.62. The molecule has 1 heterocycles. The first kappa shape index (κ1) is 24.3. The van der Waals surface area contributed by atoms with Crippen molar-refractivity contribution in [2.24, 2.45) is 0 Å². The number of methoxy groups -OCH3 is 1. The standard InChI is InChI=1S/C27H28N4O3S/c1-18-10-8-11-19(2)25(18)28-24(32)17-35-27-30-29-26(31(27)21-12-6-5-7-13-21)20(3)34-23-15-9-14-22(16-23)33-4/h5-16,20H,17H2,1-4H3,(H,28,32). The number of hydrogen-bond acceptors (Lipinski definition) is 6. The minimum absolute atomic E-state index is 0.0998. The average Bonchev–Trinajstić information content (AvgIpc) is 3.30.